The van der Waals surface area contributed by atoms with Crippen LogP contribution in [0.15, 0.2) is 12.3 Å². The molecule has 6 nitrogen and oxygen atoms in total. The third-order valence-electron chi connectivity index (χ3n) is 9.20. The standard InChI is InChI=1S/C22H30O6/c1-12-4-6-22-16(20(12,3)17-8-14-5-7-24-18(14)28-17)9-15(10-21(22)11-25-21)27-19(22)26-13(2)23/h5,7,12,14-19H,4,6,8-11H2,1-3H3. The highest BCUT2D eigenvalue weighted by molar-refractivity contribution is 5.66. The number of rotatable bonds is 2. The molecule has 7 rings (SSSR count). The minimum atomic E-state index is -0.506. The third kappa shape index (κ3) is 2.02. The van der Waals surface area contributed by atoms with Crippen LogP contribution in [0.4, 0.5) is 0 Å². The predicted molar refractivity (Wildman–Crippen MR) is 97.8 cm³/mol. The number of hydrogen-bond acceptors (Lipinski definition) is 6. The van der Waals surface area contributed by atoms with Crippen LogP contribution in [0, 0.1) is 28.6 Å². The van der Waals surface area contributed by atoms with Crippen LogP contribution in [-0.2, 0) is 28.5 Å². The molecule has 6 fully saturated rings. The Labute approximate surface area is 165 Å². The summed E-state index contributed by atoms with van der Waals surface area (Å²) in [6, 6.07) is 0. The lowest BCUT2D eigenvalue weighted by molar-refractivity contribution is -0.352. The zero-order valence-electron chi connectivity index (χ0n) is 16.9. The molecule has 0 radical (unpaired) electrons. The largest absolute Gasteiger partial charge is 0.472 e. The van der Waals surface area contributed by atoms with E-state index < -0.39 is 6.29 Å². The third-order valence-corrected chi connectivity index (χ3v) is 9.20. The van der Waals surface area contributed by atoms with Gasteiger partial charge in [-0.05, 0) is 43.6 Å². The van der Waals surface area contributed by atoms with Crippen LogP contribution in [0.5, 0.6) is 0 Å². The molecule has 10 unspecified atom stereocenters. The van der Waals surface area contributed by atoms with Gasteiger partial charge in [-0.15, -0.1) is 0 Å². The fourth-order valence-corrected chi connectivity index (χ4v) is 7.55. The maximum atomic E-state index is 11.9. The molecule has 0 amide bonds. The van der Waals surface area contributed by atoms with Crippen LogP contribution >= 0.6 is 0 Å². The van der Waals surface area contributed by atoms with Gasteiger partial charge in [0.25, 0.3) is 0 Å². The molecule has 4 saturated heterocycles. The first-order valence-electron chi connectivity index (χ1n) is 10.8. The molecule has 0 aromatic heterocycles. The maximum absolute atomic E-state index is 11.9. The molecule has 0 aromatic rings. The molecular formula is C22H30O6. The number of carbonyl (C=O) groups is 1. The van der Waals surface area contributed by atoms with Gasteiger partial charge in [-0.25, -0.2) is 0 Å². The Morgan fingerprint density at radius 1 is 1.25 bits per heavy atom. The summed E-state index contributed by atoms with van der Waals surface area (Å²) in [5.41, 5.74) is -0.489. The van der Waals surface area contributed by atoms with Gasteiger partial charge in [0.05, 0.1) is 30.5 Å². The molecule has 2 bridgehead atoms. The molecule has 5 aliphatic heterocycles. The summed E-state index contributed by atoms with van der Waals surface area (Å²) in [6.45, 7) is 7.01. The topological polar surface area (TPSA) is 66.5 Å². The number of carbonyl (C=O) groups excluding carboxylic acids is 1. The zero-order valence-corrected chi connectivity index (χ0v) is 16.9. The molecule has 7 aliphatic rings. The molecule has 0 N–H and O–H groups in total. The minimum Gasteiger partial charge on any atom is -0.472 e. The van der Waals surface area contributed by atoms with Gasteiger partial charge < -0.3 is 23.7 Å². The highest BCUT2D eigenvalue weighted by atomic mass is 16.7. The molecular weight excluding hydrogens is 360 g/mol. The van der Waals surface area contributed by atoms with Crippen molar-refractivity contribution in [1.82, 2.24) is 0 Å². The van der Waals surface area contributed by atoms with E-state index in [9.17, 15) is 4.79 Å². The quantitative estimate of drug-likeness (QED) is 0.533. The minimum absolute atomic E-state index is 0.0282. The summed E-state index contributed by atoms with van der Waals surface area (Å²) >= 11 is 0. The molecule has 2 saturated carbocycles. The second kappa shape index (κ2) is 5.52. The average molecular weight is 390 g/mol. The lowest BCUT2D eigenvalue weighted by atomic mass is 9.41. The Morgan fingerprint density at radius 3 is 2.79 bits per heavy atom. The lowest BCUT2D eigenvalue weighted by Gasteiger charge is -2.67. The first-order valence-corrected chi connectivity index (χ1v) is 10.8. The zero-order chi connectivity index (χ0) is 19.3. The Kier molecular flexibility index (Phi) is 3.50. The van der Waals surface area contributed by atoms with Crippen LogP contribution in [0.25, 0.3) is 0 Å². The van der Waals surface area contributed by atoms with Gasteiger partial charge in [-0.2, -0.15) is 0 Å². The predicted octanol–water partition coefficient (Wildman–Crippen LogP) is 3.15. The van der Waals surface area contributed by atoms with Crippen molar-refractivity contribution >= 4 is 5.97 Å². The first kappa shape index (κ1) is 17.7. The lowest BCUT2D eigenvalue weighted by Crippen LogP contribution is -2.72. The summed E-state index contributed by atoms with van der Waals surface area (Å²) in [4.78, 5) is 11.9. The number of epoxide rings is 1. The van der Waals surface area contributed by atoms with E-state index in [1.165, 1.54) is 6.92 Å². The van der Waals surface area contributed by atoms with E-state index in [-0.39, 0.29) is 40.9 Å². The van der Waals surface area contributed by atoms with Crippen molar-refractivity contribution in [3.8, 4) is 0 Å². The first-order chi connectivity index (χ1) is 13.4. The Balaban J connectivity index is 1.42. The number of ether oxygens (including phenoxy) is 5. The van der Waals surface area contributed by atoms with E-state index in [0.717, 1.165) is 38.7 Å². The van der Waals surface area contributed by atoms with Crippen molar-refractivity contribution in [3.63, 3.8) is 0 Å². The second-order valence-corrected chi connectivity index (χ2v) is 10.2. The monoisotopic (exact) mass is 390 g/mol. The van der Waals surface area contributed by atoms with E-state index >= 15 is 0 Å². The summed E-state index contributed by atoms with van der Waals surface area (Å²) < 4.78 is 30.4. The van der Waals surface area contributed by atoms with E-state index in [1.54, 1.807) is 6.26 Å². The molecule has 0 aromatic carbocycles. The van der Waals surface area contributed by atoms with Gasteiger partial charge in [-0.1, -0.05) is 13.8 Å². The van der Waals surface area contributed by atoms with E-state index in [0.29, 0.717) is 17.8 Å². The smallest absolute Gasteiger partial charge is 0.304 e. The van der Waals surface area contributed by atoms with E-state index in [4.69, 9.17) is 23.7 Å². The Bertz CT molecular complexity index is 731. The van der Waals surface area contributed by atoms with Crippen LogP contribution in [0.3, 0.4) is 0 Å². The van der Waals surface area contributed by atoms with Gasteiger partial charge in [0, 0.05) is 24.7 Å². The molecule has 28 heavy (non-hydrogen) atoms. The fraction of sp³-hybridized carbons (Fsp3) is 0.864. The van der Waals surface area contributed by atoms with E-state index in [1.807, 2.05) is 0 Å². The summed E-state index contributed by atoms with van der Waals surface area (Å²) in [5.74, 6) is 0.936. The van der Waals surface area contributed by atoms with Crippen molar-refractivity contribution < 1.29 is 28.5 Å². The van der Waals surface area contributed by atoms with Gasteiger partial charge >= 0.3 is 5.97 Å². The SMILES string of the molecule is CC(=O)OC1OC2CC3C(C)(C4CC5C=COC5O4)C(C)CCC13C1(CO1)C2. The summed E-state index contributed by atoms with van der Waals surface area (Å²) in [7, 11) is 0. The Hall–Kier alpha value is -1.11. The normalized spacial score (nSPS) is 58.3. The molecule has 6 heteroatoms. The number of fused-ring (bicyclic) bond motifs is 2. The maximum Gasteiger partial charge on any atom is 0.304 e. The Morgan fingerprint density at radius 2 is 2.07 bits per heavy atom. The fourth-order valence-electron chi connectivity index (χ4n) is 7.55. The highest BCUT2D eigenvalue weighted by Gasteiger charge is 2.79. The van der Waals surface area contributed by atoms with Crippen molar-refractivity contribution in [2.75, 3.05) is 6.61 Å². The molecule has 10 atom stereocenters. The van der Waals surface area contributed by atoms with Gasteiger partial charge in [0.1, 0.15) is 5.60 Å². The van der Waals surface area contributed by atoms with Gasteiger partial charge in [0.2, 0.25) is 12.6 Å². The van der Waals surface area contributed by atoms with E-state index in [2.05, 4.69) is 19.9 Å². The van der Waals surface area contributed by atoms with Crippen LogP contribution in [-0.4, -0.2) is 43.0 Å². The van der Waals surface area contributed by atoms with Crippen LogP contribution < -0.4 is 0 Å². The number of hydrogen-bond donors (Lipinski definition) is 0. The average Bonchev–Trinajstić information content (AvgIpc) is 3.08. The van der Waals surface area contributed by atoms with Crippen molar-refractivity contribution in [1.29, 1.82) is 0 Å². The van der Waals surface area contributed by atoms with Crippen molar-refractivity contribution in [3.05, 3.63) is 12.3 Å². The van der Waals surface area contributed by atoms with Crippen LogP contribution in [0.1, 0.15) is 52.9 Å². The highest BCUT2D eigenvalue weighted by Crippen LogP contribution is 2.73. The van der Waals surface area contributed by atoms with Gasteiger partial charge in [-0.3, -0.25) is 4.79 Å². The van der Waals surface area contributed by atoms with Crippen LogP contribution in [0.2, 0.25) is 0 Å². The number of esters is 1. The van der Waals surface area contributed by atoms with Gasteiger partial charge in [0.15, 0.2) is 0 Å². The molecule has 5 heterocycles. The van der Waals surface area contributed by atoms with Crippen molar-refractivity contribution in [2.24, 2.45) is 28.6 Å². The molecule has 2 aliphatic carbocycles. The summed E-state index contributed by atoms with van der Waals surface area (Å²) in [6.07, 6.45) is 8.45. The molecule has 154 valence electrons. The second-order valence-electron chi connectivity index (χ2n) is 10.2. The van der Waals surface area contributed by atoms with Crippen molar-refractivity contribution in [2.45, 2.75) is 83.3 Å². The summed E-state index contributed by atoms with van der Waals surface area (Å²) in [5, 5.41) is 0. The molecule has 2 spiro atoms.